The molecule has 1 fully saturated rings. The van der Waals surface area contributed by atoms with Crippen LogP contribution >= 0.6 is 11.6 Å². The molecule has 4 rings (SSSR count). The van der Waals surface area contributed by atoms with E-state index in [1.54, 1.807) is 38.1 Å². The SMILES string of the molecule is CC1(C)C(=O)N(c2cc(-c3cc(Cl)c4c(N)ncnn34)ccc2C#N)CCN1C(=O)CNS(C)(=O)=O. The lowest BCUT2D eigenvalue weighted by molar-refractivity contribution is -0.146. The molecule has 0 atom stereocenters. The van der Waals surface area contributed by atoms with Crippen LogP contribution < -0.4 is 15.4 Å². The van der Waals surface area contributed by atoms with Gasteiger partial charge in [-0.15, -0.1) is 0 Å². The molecule has 1 aliphatic rings. The maximum atomic E-state index is 13.6. The van der Waals surface area contributed by atoms with E-state index in [0.29, 0.717) is 27.5 Å². The van der Waals surface area contributed by atoms with Crippen LogP contribution in [0.25, 0.3) is 16.8 Å². The summed E-state index contributed by atoms with van der Waals surface area (Å²) in [5.41, 5.74) is 6.94. The molecule has 0 radical (unpaired) electrons. The number of nitrogens with one attached hydrogen (secondary N) is 1. The summed E-state index contributed by atoms with van der Waals surface area (Å²) in [5, 5.41) is 14.3. The zero-order chi connectivity index (χ0) is 26.4. The van der Waals surface area contributed by atoms with Crippen LogP contribution in [0, 0.1) is 11.3 Å². The quantitative estimate of drug-likeness (QED) is 0.492. The Morgan fingerprint density at radius 3 is 2.69 bits per heavy atom. The van der Waals surface area contributed by atoms with Gasteiger partial charge in [-0.25, -0.2) is 22.6 Å². The van der Waals surface area contributed by atoms with Gasteiger partial charge in [-0.05, 0) is 32.0 Å². The molecule has 0 bridgehead atoms. The Morgan fingerprint density at radius 1 is 1.31 bits per heavy atom. The minimum Gasteiger partial charge on any atom is -0.382 e. The highest BCUT2D eigenvalue weighted by Crippen LogP contribution is 2.35. The van der Waals surface area contributed by atoms with E-state index in [1.165, 1.54) is 20.6 Å². The van der Waals surface area contributed by atoms with E-state index in [2.05, 4.69) is 20.9 Å². The maximum Gasteiger partial charge on any atom is 0.252 e. The number of nitrogen functional groups attached to an aromatic ring is 1. The molecular formula is C22H23ClN8O4S. The second kappa shape index (κ2) is 9.05. The number of halogens is 1. The van der Waals surface area contributed by atoms with Gasteiger partial charge in [-0.2, -0.15) is 10.4 Å². The third kappa shape index (κ3) is 4.46. The average molecular weight is 531 g/mol. The lowest BCUT2D eigenvalue weighted by atomic mass is 9.95. The van der Waals surface area contributed by atoms with Crippen molar-refractivity contribution in [2.24, 2.45) is 0 Å². The predicted octanol–water partition coefficient (Wildman–Crippen LogP) is 1.01. The fourth-order valence-corrected chi connectivity index (χ4v) is 4.88. The predicted molar refractivity (Wildman–Crippen MR) is 134 cm³/mol. The van der Waals surface area contributed by atoms with E-state index in [-0.39, 0.29) is 24.5 Å². The number of carbonyl (C=O) groups excluding carboxylic acids is 2. The highest BCUT2D eigenvalue weighted by Gasteiger charge is 2.45. The fraction of sp³-hybridized carbons (Fsp3) is 0.318. The summed E-state index contributed by atoms with van der Waals surface area (Å²) in [6.07, 6.45) is 2.25. The van der Waals surface area contributed by atoms with Crippen molar-refractivity contribution in [2.45, 2.75) is 19.4 Å². The van der Waals surface area contributed by atoms with Crippen molar-refractivity contribution < 1.29 is 18.0 Å². The number of hydrogen-bond acceptors (Lipinski definition) is 8. The Bertz CT molecular complexity index is 1540. The smallest absolute Gasteiger partial charge is 0.252 e. The molecule has 2 aromatic heterocycles. The van der Waals surface area contributed by atoms with Crippen molar-refractivity contribution in [3.63, 3.8) is 0 Å². The monoisotopic (exact) mass is 530 g/mol. The molecule has 3 heterocycles. The van der Waals surface area contributed by atoms with Gasteiger partial charge in [0.2, 0.25) is 15.9 Å². The second-order valence-corrected chi connectivity index (χ2v) is 11.0. The first-order valence-corrected chi connectivity index (χ1v) is 13.0. The maximum absolute atomic E-state index is 13.6. The van der Waals surface area contributed by atoms with Gasteiger partial charge < -0.3 is 15.5 Å². The Morgan fingerprint density at radius 2 is 2.03 bits per heavy atom. The molecule has 1 aliphatic heterocycles. The molecule has 14 heteroatoms. The fourth-order valence-electron chi connectivity index (χ4n) is 4.22. The number of nitrogens with zero attached hydrogens (tertiary/aromatic N) is 6. The van der Waals surface area contributed by atoms with Gasteiger partial charge in [0.1, 0.15) is 23.5 Å². The summed E-state index contributed by atoms with van der Waals surface area (Å²) < 4.78 is 26.5. The average Bonchev–Trinajstić information content (AvgIpc) is 3.16. The molecule has 188 valence electrons. The number of nitriles is 1. The molecule has 1 aromatic carbocycles. The number of benzene rings is 1. The van der Waals surface area contributed by atoms with Gasteiger partial charge in [0.05, 0.1) is 34.8 Å². The molecule has 2 amide bonds. The third-order valence-electron chi connectivity index (χ3n) is 6.02. The third-order valence-corrected chi connectivity index (χ3v) is 6.97. The lowest BCUT2D eigenvalue weighted by Crippen LogP contribution is -2.66. The highest BCUT2D eigenvalue weighted by atomic mass is 35.5. The lowest BCUT2D eigenvalue weighted by Gasteiger charge is -2.46. The first-order chi connectivity index (χ1) is 16.8. The summed E-state index contributed by atoms with van der Waals surface area (Å²) in [6.45, 7) is 2.95. The van der Waals surface area contributed by atoms with Crippen molar-refractivity contribution in [1.82, 2.24) is 24.2 Å². The topological polar surface area (TPSA) is 167 Å². The van der Waals surface area contributed by atoms with Gasteiger partial charge in [0.15, 0.2) is 5.82 Å². The molecule has 0 aliphatic carbocycles. The van der Waals surface area contributed by atoms with Crippen LogP contribution in [0.3, 0.4) is 0 Å². The number of rotatable bonds is 5. The first kappa shape index (κ1) is 25.4. The zero-order valence-electron chi connectivity index (χ0n) is 19.7. The van der Waals surface area contributed by atoms with Crippen molar-refractivity contribution in [2.75, 3.05) is 36.5 Å². The van der Waals surface area contributed by atoms with E-state index in [1.807, 2.05) is 0 Å². The zero-order valence-corrected chi connectivity index (χ0v) is 21.3. The number of carbonyl (C=O) groups is 2. The van der Waals surface area contributed by atoms with Crippen molar-refractivity contribution >= 4 is 50.5 Å². The largest absolute Gasteiger partial charge is 0.382 e. The number of aromatic nitrogens is 3. The van der Waals surface area contributed by atoms with E-state index >= 15 is 0 Å². The van der Waals surface area contributed by atoms with Crippen molar-refractivity contribution in [3.8, 4) is 17.3 Å². The Kier molecular flexibility index (Phi) is 6.38. The number of sulfonamides is 1. The second-order valence-electron chi connectivity index (χ2n) is 8.78. The Labute approximate surface area is 212 Å². The van der Waals surface area contributed by atoms with Gasteiger partial charge in [-0.3, -0.25) is 9.59 Å². The van der Waals surface area contributed by atoms with E-state index in [0.717, 1.165) is 6.26 Å². The van der Waals surface area contributed by atoms with E-state index in [9.17, 15) is 23.3 Å². The molecule has 3 N–H and O–H groups in total. The summed E-state index contributed by atoms with van der Waals surface area (Å²) in [6, 6.07) is 8.78. The van der Waals surface area contributed by atoms with Gasteiger partial charge >= 0.3 is 0 Å². The normalized spacial score (nSPS) is 15.8. The standard InChI is InChI=1S/C22H23ClN8O4S/c1-22(2)21(33)29(6-7-30(22)18(32)11-28-36(3,34)35)16-8-13(4-5-14(16)10-24)17-9-15(23)19-20(25)26-12-27-31(17)19/h4-5,8-9,12,28H,6-7,11H2,1-3H3,(H2,25,26,27). The van der Waals surface area contributed by atoms with Crippen LogP contribution in [-0.2, 0) is 19.6 Å². The van der Waals surface area contributed by atoms with Crippen LogP contribution in [0.2, 0.25) is 5.02 Å². The summed E-state index contributed by atoms with van der Waals surface area (Å²) in [5.74, 6) is -0.739. The summed E-state index contributed by atoms with van der Waals surface area (Å²) in [4.78, 5) is 33.0. The molecule has 36 heavy (non-hydrogen) atoms. The van der Waals surface area contributed by atoms with E-state index in [4.69, 9.17) is 17.3 Å². The number of anilines is 2. The van der Waals surface area contributed by atoms with Crippen LogP contribution in [-0.4, -0.2) is 71.2 Å². The van der Waals surface area contributed by atoms with E-state index < -0.39 is 33.9 Å². The van der Waals surface area contributed by atoms with Crippen LogP contribution in [0.5, 0.6) is 0 Å². The van der Waals surface area contributed by atoms with Crippen LogP contribution in [0.15, 0.2) is 30.6 Å². The summed E-state index contributed by atoms with van der Waals surface area (Å²) in [7, 11) is -3.58. The number of fused-ring (bicyclic) bond motifs is 1. The van der Waals surface area contributed by atoms with Gasteiger partial charge in [0, 0.05) is 18.7 Å². The molecule has 3 aromatic rings. The van der Waals surface area contributed by atoms with Gasteiger partial charge in [-0.1, -0.05) is 17.7 Å². The number of nitrogens with two attached hydrogens (primary N) is 1. The molecule has 0 unspecified atom stereocenters. The molecule has 12 nitrogen and oxygen atoms in total. The molecule has 0 saturated carbocycles. The molecule has 1 saturated heterocycles. The number of hydrogen-bond donors (Lipinski definition) is 2. The first-order valence-electron chi connectivity index (χ1n) is 10.7. The summed E-state index contributed by atoms with van der Waals surface area (Å²) >= 11 is 6.36. The van der Waals surface area contributed by atoms with Gasteiger partial charge in [0.25, 0.3) is 5.91 Å². The van der Waals surface area contributed by atoms with Crippen LogP contribution in [0.4, 0.5) is 11.5 Å². The highest BCUT2D eigenvalue weighted by molar-refractivity contribution is 7.88. The van der Waals surface area contributed by atoms with Crippen molar-refractivity contribution in [1.29, 1.82) is 5.26 Å². The minimum atomic E-state index is -3.58. The minimum absolute atomic E-state index is 0.107. The Balaban J connectivity index is 1.71. The number of piperazine rings is 1. The molecular weight excluding hydrogens is 508 g/mol. The van der Waals surface area contributed by atoms with Crippen LogP contribution in [0.1, 0.15) is 19.4 Å². The number of amides is 2. The Hall–Kier alpha value is -3.73. The molecule has 0 spiro atoms. The van der Waals surface area contributed by atoms with Crippen molar-refractivity contribution in [3.05, 3.63) is 41.2 Å².